The molecule has 2 aromatic rings. The number of ether oxygens (including phenoxy) is 1. The van der Waals surface area contributed by atoms with E-state index in [1.54, 1.807) is 19.2 Å². The highest BCUT2D eigenvalue weighted by Crippen LogP contribution is 2.30. The number of piperazine rings is 1. The molecular formula is C22H27N3O3. The Hall–Kier alpha value is -2.86. The van der Waals surface area contributed by atoms with Crippen molar-refractivity contribution < 1.29 is 14.3 Å². The summed E-state index contributed by atoms with van der Waals surface area (Å²) in [6.45, 7) is 2.63. The monoisotopic (exact) mass is 381 g/mol. The zero-order valence-electron chi connectivity index (χ0n) is 16.2. The molecule has 1 unspecified atom stereocenters. The van der Waals surface area contributed by atoms with Crippen molar-refractivity contribution in [2.75, 3.05) is 33.3 Å². The fourth-order valence-corrected chi connectivity index (χ4v) is 3.50. The second-order valence-electron chi connectivity index (χ2n) is 6.77. The first kappa shape index (κ1) is 19.9. The fourth-order valence-electron chi connectivity index (χ4n) is 3.50. The van der Waals surface area contributed by atoms with Crippen LogP contribution in [0, 0.1) is 0 Å². The molecule has 2 amide bonds. The third-order valence-electron chi connectivity index (χ3n) is 4.95. The molecule has 1 fully saturated rings. The second kappa shape index (κ2) is 9.90. The molecule has 2 aromatic carbocycles. The molecule has 0 radical (unpaired) electrons. The van der Waals surface area contributed by atoms with E-state index in [-0.39, 0.29) is 17.9 Å². The van der Waals surface area contributed by atoms with Gasteiger partial charge in [-0.25, -0.2) is 0 Å². The van der Waals surface area contributed by atoms with Crippen LogP contribution in [0.15, 0.2) is 54.6 Å². The SMILES string of the molecule is COc1ccccc1C1CNCCN1C(=O)CCCNC(=O)c1ccccc1. The van der Waals surface area contributed by atoms with Gasteiger partial charge in [0.1, 0.15) is 5.75 Å². The Kier molecular flexibility index (Phi) is 7.03. The molecule has 0 bridgehead atoms. The van der Waals surface area contributed by atoms with Gasteiger partial charge in [0.15, 0.2) is 0 Å². The van der Waals surface area contributed by atoms with E-state index in [9.17, 15) is 9.59 Å². The second-order valence-corrected chi connectivity index (χ2v) is 6.77. The van der Waals surface area contributed by atoms with Gasteiger partial charge >= 0.3 is 0 Å². The summed E-state index contributed by atoms with van der Waals surface area (Å²) >= 11 is 0. The van der Waals surface area contributed by atoms with Crippen LogP contribution in [0.1, 0.15) is 34.8 Å². The van der Waals surface area contributed by atoms with Crippen molar-refractivity contribution in [2.24, 2.45) is 0 Å². The van der Waals surface area contributed by atoms with Crippen LogP contribution in [0.5, 0.6) is 5.75 Å². The van der Waals surface area contributed by atoms with Crippen molar-refractivity contribution in [3.63, 3.8) is 0 Å². The van der Waals surface area contributed by atoms with E-state index in [4.69, 9.17) is 4.74 Å². The lowest BCUT2D eigenvalue weighted by Gasteiger charge is -2.37. The lowest BCUT2D eigenvalue weighted by molar-refractivity contribution is -0.134. The number of amides is 2. The molecule has 6 heteroatoms. The number of hydrogen-bond acceptors (Lipinski definition) is 4. The van der Waals surface area contributed by atoms with Crippen molar-refractivity contribution in [3.05, 3.63) is 65.7 Å². The van der Waals surface area contributed by atoms with E-state index in [0.29, 0.717) is 38.0 Å². The molecule has 1 atom stereocenters. The van der Waals surface area contributed by atoms with Crippen LogP contribution in [-0.2, 0) is 4.79 Å². The van der Waals surface area contributed by atoms with Crippen LogP contribution in [0.25, 0.3) is 0 Å². The molecule has 0 spiro atoms. The Bertz CT molecular complexity index is 795. The maximum Gasteiger partial charge on any atom is 0.251 e. The van der Waals surface area contributed by atoms with Gasteiger partial charge in [0.2, 0.25) is 5.91 Å². The van der Waals surface area contributed by atoms with E-state index in [2.05, 4.69) is 10.6 Å². The van der Waals surface area contributed by atoms with Crippen molar-refractivity contribution >= 4 is 11.8 Å². The minimum atomic E-state index is -0.109. The van der Waals surface area contributed by atoms with E-state index in [1.807, 2.05) is 47.4 Å². The van der Waals surface area contributed by atoms with Gasteiger partial charge in [0, 0.05) is 43.7 Å². The Morgan fingerprint density at radius 1 is 1.14 bits per heavy atom. The largest absolute Gasteiger partial charge is 0.496 e. The first-order valence-electron chi connectivity index (χ1n) is 9.67. The Balaban J connectivity index is 1.54. The first-order valence-corrected chi connectivity index (χ1v) is 9.67. The number of para-hydroxylation sites is 1. The molecular weight excluding hydrogens is 354 g/mol. The molecule has 3 rings (SSSR count). The molecule has 1 aliphatic heterocycles. The molecule has 6 nitrogen and oxygen atoms in total. The number of hydrogen-bond donors (Lipinski definition) is 2. The van der Waals surface area contributed by atoms with Crippen molar-refractivity contribution in [3.8, 4) is 5.75 Å². The quantitative estimate of drug-likeness (QED) is 0.723. The lowest BCUT2D eigenvalue weighted by atomic mass is 10.0. The van der Waals surface area contributed by atoms with E-state index in [1.165, 1.54) is 0 Å². The predicted octanol–water partition coefficient (Wildman–Crippen LogP) is 2.38. The Labute approximate surface area is 165 Å². The van der Waals surface area contributed by atoms with Gasteiger partial charge in [-0.15, -0.1) is 0 Å². The average Bonchev–Trinajstić information content (AvgIpc) is 2.77. The summed E-state index contributed by atoms with van der Waals surface area (Å²) in [6.07, 6.45) is 1.01. The zero-order valence-corrected chi connectivity index (χ0v) is 16.2. The highest BCUT2D eigenvalue weighted by Gasteiger charge is 2.29. The van der Waals surface area contributed by atoms with Gasteiger partial charge < -0.3 is 20.3 Å². The highest BCUT2D eigenvalue weighted by molar-refractivity contribution is 5.94. The number of rotatable bonds is 7. The number of carbonyl (C=O) groups excluding carboxylic acids is 2. The fraction of sp³-hybridized carbons (Fsp3) is 0.364. The molecule has 28 heavy (non-hydrogen) atoms. The number of nitrogens with one attached hydrogen (secondary N) is 2. The summed E-state index contributed by atoms with van der Waals surface area (Å²) < 4.78 is 5.48. The molecule has 2 N–H and O–H groups in total. The maximum atomic E-state index is 12.8. The standard InChI is InChI=1S/C22H27N3O3/c1-28-20-11-6-5-10-18(20)19-16-23-14-15-25(19)21(26)12-7-13-24-22(27)17-8-3-2-4-9-17/h2-6,8-11,19,23H,7,12-16H2,1H3,(H,24,27). The van der Waals surface area contributed by atoms with Gasteiger partial charge in [-0.05, 0) is 24.6 Å². The summed E-state index contributed by atoms with van der Waals surface area (Å²) in [5, 5.41) is 6.24. The Morgan fingerprint density at radius 3 is 2.68 bits per heavy atom. The maximum absolute atomic E-state index is 12.8. The summed E-state index contributed by atoms with van der Waals surface area (Å²) in [6, 6.07) is 16.9. The third-order valence-corrected chi connectivity index (χ3v) is 4.95. The van der Waals surface area contributed by atoms with Crippen LogP contribution < -0.4 is 15.4 Å². The smallest absolute Gasteiger partial charge is 0.251 e. The van der Waals surface area contributed by atoms with Gasteiger partial charge in [-0.1, -0.05) is 36.4 Å². The van der Waals surface area contributed by atoms with Crippen LogP contribution in [-0.4, -0.2) is 50.0 Å². The van der Waals surface area contributed by atoms with Crippen LogP contribution >= 0.6 is 0 Å². The molecule has 0 aromatic heterocycles. The van der Waals surface area contributed by atoms with Gasteiger partial charge in [0.05, 0.1) is 13.2 Å². The van der Waals surface area contributed by atoms with E-state index in [0.717, 1.165) is 17.9 Å². The van der Waals surface area contributed by atoms with Crippen LogP contribution in [0.4, 0.5) is 0 Å². The summed E-state index contributed by atoms with van der Waals surface area (Å²) in [5.74, 6) is 0.789. The normalized spacial score (nSPS) is 16.5. The van der Waals surface area contributed by atoms with Gasteiger partial charge in [-0.3, -0.25) is 9.59 Å². The van der Waals surface area contributed by atoms with Gasteiger partial charge in [0.25, 0.3) is 5.91 Å². The summed E-state index contributed by atoms with van der Waals surface area (Å²) in [4.78, 5) is 26.8. The summed E-state index contributed by atoms with van der Waals surface area (Å²) in [7, 11) is 1.65. The minimum absolute atomic E-state index is 0.0451. The number of benzene rings is 2. The summed E-state index contributed by atoms with van der Waals surface area (Å²) in [5.41, 5.74) is 1.65. The van der Waals surface area contributed by atoms with Crippen molar-refractivity contribution in [2.45, 2.75) is 18.9 Å². The van der Waals surface area contributed by atoms with E-state index < -0.39 is 0 Å². The van der Waals surface area contributed by atoms with E-state index >= 15 is 0 Å². The number of nitrogens with zero attached hydrogens (tertiary/aromatic N) is 1. The van der Waals surface area contributed by atoms with Crippen molar-refractivity contribution in [1.82, 2.24) is 15.5 Å². The number of carbonyl (C=O) groups is 2. The molecule has 1 aliphatic rings. The predicted molar refractivity (Wildman–Crippen MR) is 108 cm³/mol. The van der Waals surface area contributed by atoms with Crippen molar-refractivity contribution in [1.29, 1.82) is 0 Å². The number of methoxy groups -OCH3 is 1. The zero-order chi connectivity index (χ0) is 19.8. The van der Waals surface area contributed by atoms with Gasteiger partial charge in [-0.2, -0.15) is 0 Å². The topological polar surface area (TPSA) is 70.7 Å². The Morgan fingerprint density at radius 2 is 1.89 bits per heavy atom. The lowest BCUT2D eigenvalue weighted by Crippen LogP contribution is -2.48. The molecule has 0 aliphatic carbocycles. The third kappa shape index (κ3) is 4.89. The molecule has 148 valence electrons. The molecule has 1 saturated heterocycles. The first-order chi connectivity index (χ1) is 13.7. The van der Waals surface area contributed by atoms with Crippen LogP contribution in [0.2, 0.25) is 0 Å². The average molecular weight is 381 g/mol. The van der Waals surface area contributed by atoms with Crippen LogP contribution in [0.3, 0.4) is 0 Å². The molecule has 0 saturated carbocycles. The molecule has 1 heterocycles. The minimum Gasteiger partial charge on any atom is -0.496 e. The highest BCUT2D eigenvalue weighted by atomic mass is 16.5.